The van der Waals surface area contributed by atoms with Gasteiger partial charge in [-0.2, -0.15) is 5.10 Å². The number of carbonyl (C=O) groups excluding carboxylic acids is 1. The van der Waals surface area contributed by atoms with Gasteiger partial charge in [-0.1, -0.05) is 11.6 Å². The summed E-state index contributed by atoms with van der Waals surface area (Å²) in [6, 6.07) is 5.80. The number of aromatic nitrogens is 2. The number of carboxylic acids is 1. The minimum atomic E-state index is -1.17. The zero-order valence-corrected chi connectivity index (χ0v) is 11.1. The summed E-state index contributed by atoms with van der Waals surface area (Å²) in [5, 5.41) is 17.5. The van der Waals surface area contributed by atoms with E-state index in [0.29, 0.717) is 10.8 Å². The number of aromatic amines is 1. The number of halogens is 1. The fourth-order valence-electron chi connectivity index (χ4n) is 1.54. The van der Waals surface area contributed by atoms with Crippen LogP contribution in [0.1, 0.15) is 20.8 Å². The Bertz CT molecular complexity index is 668. The molecule has 7 nitrogen and oxygen atoms in total. The van der Waals surface area contributed by atoms with E-state index in [1.54, 1.807) is 12.1 Å². The van der Waals surface area contributed by atoms with Crippen molar-refractivity contribution in [3.05, 3.63) is 40.5 Å². The van der Waals surface area contributed by atoms with Crippen molar-refractivity contribution in [2.24, 2.45) is 0 Å². The predicted octanol–water partition coefficient (Wildman–Crippen LogP) is 2.02. The van der Waals surface area contributed by atoms with Gasteiger partial charge in [-0.05, 0) is 18.2 Å². The summed E-state index contributed by atoms with van der Waals surface area (Å²) in [6.07, 6.45) is 0. The van der Waals surface area contributed by atoms with Crippen molar-refractivity contribution < 1.29 is 19.4 Å². The smallest absolute Gasteiger partial charge is 0.353 e. The highest BCUT2D eigenvalue weighted by atomic mass is 35.5. The zero-order chi connectivity index (χ0) is 14.7. The van der Waals surface area contributed by atoms with Gasteiger partial charge in [0, 0.05) is 11.1 Å². The van der Waals surface area contributed by atoms with Gasteiger partial charge in [0.05, 0.1) is 12.7 Å². The molecule has 1 aromatic heterocycles. The lowest BCUT2D eigenvalue weighted by Gasteiger charge is -2.08. The molecule has 0 spiro atoms. The third-order valence-electron chi connectivity index (χ3n) is 2.46. The van der Waals surface area contributed by atoms with Crippen LogP contribution in [0.15, 0.2) is 24.3 Å². The van der Waals surface area contributed by atoms with Crippen molar-refractivity contribution in [2.75, 3.05) is 12.4 Å². The van der Waals surface area contributed by atoms with Crippen LogP contribution in [-0.4, -0.2) is 34.3 Å². The fraction of sp³-hybridized carbons (Fsp3) is 0.0833. The van der Waals surface area contributed by atoms with Crippen molar-refractivity contribution in [2.45, 2.75) is 0 Å². The van der Waals surface area contributed by atoms with Crippen LogP contribution in [0, 0.1) is 0 Å². The minimum absolute atomic E-state index is 0.0921. The van der Waals surface area contributed by atoms with Gasteiger partial charge in [0.25, 0.3) is 5.91 Å². The van der Waals surface area contributed by atoms with E-state index in [2.05, 4.69) is 15.5 Å². The molecule has 0 saturated heterocycles. The molecule has 0 bridgehead atoms. The van der Waals surface area contributed by atoms with Crippen molar-refractivity contribution in [3.63, 3.8) is 0 Å². The monoisotopic (exact) mass is 295 g/mol. The maximum Gasteiger partial charge on any atom is 0.353 e. The number of nitrogens with zero attached hydrogens (tertiary/aromatic N) is 1. The molecule has 0 fully saturated rings. The van der Waals surface area contributed by atoms with E-state index in [-0.39, 0.29) is 17.1 Å². The van der Waals surface area contributed by atoms with E-state index < -0.39 is 11.9 Å². The highest BCUT2D eigenvalue weighted by Gasteiger charge is 2.15. The van der Waals surface area contributed by atoms with E-state index in [1.807, 2.05) is 0 Å². The first-order chi connectivity index (χ1) is 9.51. The molecule has 0 radical (unpaired) electrons. The SMILES string of the molecule is COc1ccc(Cl)cc1C(=O)Nc1cc(C(=O)O)[nH]n1. The number of nitrogens with one attached hydrogen (secondary N) is 2. The standard InChI is InChI=1S/C12H10ClN3O4/c1-20-9-3-2-6(13)4-7(9)11(17)14-10-5-8(12(18)19)15-16-10/h2-5H,1H3,(H,18,19)(H2,14,15,16,17). The molecule has 2 aromatic rings. The maximum atomic E-state index is 12.1. The van der Waals surface area contributed by atoms with E-state index in [9.17, 15) is 9.59 Å². The van der Waals surface area contributed by atoms with E-state index >= 15 is 0 Å². The number of methoxy groups -OCH3 is 1. The molecule has 2 rings (SSSR count). The summed E-state index contributed by atoms with van der Waals surface area (Å²) in [7, 11) is 1.43. The Balaban J connectivity index is 2.23. The average Bonchev–Trinajstić information content (AvgIpc) is 2.87. The molecule has 0 aliphatic carbocycles. The summed E-state index contributed by atoms with van der Waals surface area (Å²) < 4.78 is 5.06. The first kappa shape index (κ1) is 13.9. The number of anilines is 1. The molecular formula is C12H10ClN3O4. The first-order valence-corrected chi connectivity index (χ1v) is 5.82. The number of rotatable bonds is 4. The number of amides is 1. The van der Waals surface area contributed by atoms with E-state index in [1.165, 1.54) is 19.2 Å². The highest BCUT2D eigenvalue weighted by Crippen LogP contribution is 2.23. The van der Waals surface area contributed by atoms with Crippen LogP contribution in [0.5, 0.6) is 5.75 Å². The largest absolute Gasteiger partial charge is 0.496 e. The van der Waals surface area contributed by atoms with Crippen LogP contribution in [0.3, 0.4) is 0 Å². The van der Waals surface area contributed by atoms with Crippen LogP contribution in [0.25, 0.3) is 0 Å². The second-order valence-electron chi connectivity index (χ2n) is 3.77. The third-order valence-corrected chi connectivity index (χ3v) is 2.69. The number of H-pyrrole nitrogens is 1. The minimum Gasteiger partial charge on any atom is -0.496 e. The second-order valence-corrected chi connectivity index (χ2v) is 4.21. The third kappa shape index (κ3) is 2.89. The molecule has 0 aliphatic rings. The number of hydrogen-bond donors (Lipinski definition) is 3. The van der Waals surface area contributed by atoms with Gasteiger partial charge in [0.15, 0.2) is 5.82 Å². The van der Waals surface area contributed by atoms with Crippen LogP contribution < -0.4 is 10.1 Å². The van der Waals surface area contributed by atoms with Gasteiger partial charge in [-0.15, -0.1) is 0 Å². The molecule has 1 amide bonds. The number of ether oxygens (including phenoxy) is 1. The number of aromatic carboxylic acids is 1. The molecule has 0 unspecified atom stereocenters. The number of hydrogen-bond acceptors (Lipinski definition) is 4. The van der Waals surface area contributed by atoms with Gasteiger partial charge in [0.1, 0.15) is 11.4 Å². The molecule has 8 heteroatoms. The predicted molar refractivity (Wildman–Crippen MR) is 71.5 cm³/mol. The molecule has 1 heterocycles. The normalized spacial score (nSPS) is 10.1. The topological polar surface area (TPSA) is 104 Å². The summed E-state index contributed by atoms with van der Waals surface area (Å²) in [4.78, 5) is 22.8. The lowest BCUT2D eigenvalue weighted by atomic mass is 10.2. The van der Waals surface area contributed by atoms with Crippen molar-refractivity contribution >= 4 is 29.3 Å². The Hall–Kier alpha value is -2.54. The molecule has 1 aromatic carbocycles. The van der Waals surface area contributed by atoms with Crippen LogP contribution in [0.2, 0.25) is 5.02 Å². The lowest BCUT2D eigenvalue weighted by molar-refractivity contribution is 0.0690. The number of carboxylic acid groups (broad SMARTS) is 1. The fourth-order valence-corrected chi connectivity index (χ4v) is 1.71. The van der Waals surface area contributed by atoms with Crippen molar-refractivity contribution in [1.82, 2.24) is 10.2 Å². The molecule has 104 valence electrons. The summed E-state index contributed by atoms with van der Waals surface area (Å²) in [6.45, 7) is 0. The van der Waals surface area contributed by atoms with Gasteiger partial charge in [0.2, 0.25) is 0 Å². The number of benzene rings is 1. The summed E-state index contributed by atoms with van der Waals surface area (Å²) >= 11 is 5.83. The Morgan fingerprint density at radius 2 is 2.15 bits per heavy atom. The van der Waals surface area contributed by atoms with Crippen molar-refractivity contribution in [1.29, 1.82) is 0 Å². The van der Waals surface area contributed by atoms with Gasteiger partial charge >= 0.3 is 5.97 Å². The first-order valence-electron chi connectivity index (χ1n) is 5.45. The Morgan fingerprint density at radius 3 is 2.75 bits per heavy atom. The Kier molecular flexibility index (Phi) is 3.90. The second kappa shape index (κ2) is 5.62. The highest BCUT2D eigenvalue weighted by molar-refractivity contribution is 6.31. The quantitative estimate of drug-likeness (QED) is 0.800. The van der Waals surface area contributed by atoms with Gasteiger partial charge in [-0.3, -0.25) is 9.89 Å². The summed E-state index contributed by atoms with van der Waals surface area (Å²) in [5.41, 5.74) is 0.0956. The van der Waals surface area contributed by atoms with E-state index in [0.717, 1.165) is 0 Å². The summed E-state index contributed by atoms with van der Waals surface area (Å²) in [5.74, 6) is -1.23. The Morgan fingerprint density at radius 1 is 1.40 bits per heavy atom. The van der Waals surface area contributed by atoms with Gasteiger partial charge in [-0.25, -0.2) is 4.79 Å². The van der Waals surface area contributed by atoms with Crippen LogP contribution in [0.4, 0.5) is 5.82 Å². The Labute approximate surface area is 118 Å². The van der Waals surface area contributed by atoms with Crippen LogP contribution in [-0.2, 0) is 0 Å². The van der Waals surface area contributed by atoms with Gasteiger partial charge < -0.3 is 15.2 Å². The lowest BCUT2D eigenvalue weighted by Crippen LogP contribution is -2.13. The zero-order valence-electron chi connectivity index (χ0n) is 10.3. The molecule has 0 aliphatic heterocycles. The maximum absolute atomic E-state index is 12.1. The molecule has 0 saturated carbocycles. The molecular weight excluding hydrogens is 286 g/mol. The van der Waals surface area contributed by atoms with Crippen molar-refractivity contribution in [3.8, 4) is 5.75 Å². The van der Waals surface area contributed by atoms with Crippen LogP contribution >= 0.6 is 11.6 Å². The number of carbonyl (C=O) groups is 2. The average molecular weight is 296 g/mol. The molecule has 0 atom stereocenters. The molecule has 20 heavy (non-hydrogen) atoms. The van der Waals surface area contributed by atoms with E-state index in [4.69, 9.17) is 21.4 Å². The molecule has 3 N–H and O–H groups in total.